The van der Waals surface area contributed by atoms with Crippen molar-refractivity contribution in [3.8, 4) is 0 Å². The van der Waals surface area contributed by atoms with Crippen LogP contribution < -0.4 is 5.32 Å². The van der Waals surface area contributed by atoms with E-state index in [9.17, 15) is 22.4 Å². The minimum atomic E-state index is -4.26. The highest BCUT2D eigenvalue weighted by Gasteiger charge is 2.42. The second-order valence-electron chi connectivity index (χ2n) is 5.20. The molecule has 2 rings (SSSR count). The number of hydrogen-bond donors (Lipinski definition) is 1. The zero-order valence-electron chi connectivity index (χ0n) is 11.0. The molecule has 1 saturated carbocycles. The average Bonchev–Trinajstić information content (AvgIpc) is 2.41. The van der Waals surface area contributed by atoms with Crippen LogP contribution in [0.1, 0.15) is 36.0 Å². The summed E-state index contributed by atoms with van der Waals surface area (Å²) in [6, 6.07) is 2.91. The molecule has 2 nitrogen and oxygen atoms in total. The van der Waals surface area contributed by atoms with E-state index in [1.54, 1.807) is 0 Å². The highest BCUT2D eigenvalue weighted by Crippen LogP contribution is 2.37. The molecule has 1 aliphatic rings. The molecule has 0 bridgehead atoms. The van der Waals surface area contributed by atoms with Gasteiger partial charge >= 0.3 is 6.18 Å². The Morgan fingerprint density at radius 3 is 2.67 bits per heavy atom. The molecular formula is C14H14ClF4NO. The first-order valence-electron chi connectivity index (χ1n) is 6.60. The lowest BCUT2D eigenvalue weighted by Gasteiger charge is -2.31. The monoisotopic (exact) mass is 323 g/mol. The SMILES string of the molecule is O=C(NC1CCCC(C(F)(F)F)C1)c1cc(Cl)ccc1F. The molecule has 0 heterocycles. The van der Waals surface area contributed by atoms with Gasteiger partial charge in [0.25, 0.3) is 5.91 Å². The van der Waals surface area contributed by atoms with E-state index in [0.29, 0.717) is 12.8 Å². The quantitative estimate of drug-likeness (QED) is 0.806. The van der Waals surface area contributed by atoms with Crippen LogP contribution in [0, 0.1) is 11.7 Å². The fraction of sp³-hybridized carbons (Fsp3) is 0.500. The van der Waals surface area contributed by atoms with Gasteiger partial charge in [-0.25, -0.2) is 4.39 Å². The number of rotatable bonds is 2. The van der Waals surface area contributed by atoms with Crippen LogP contribution in [0.4, 0.5) is 17.6 Å². The molecule has 7 heteroatoms. The van der Waals surface area contributed by atoms with Crippen molar-refractivity contribution >= 4 is 17.5 Å². The number of carbonyl (C=O) groups is 1. The Balaban J connectivity index is 2.04. The van der Waals surface area contributed by atoms with E-state index < -0.39 is 29.9 Å². The molecule has 116 valence electrons. The Morgan fingerprint density at radius 1 is 1.29 bits per heavy atom. The van der Waals surface area contributed by atoms with E-state index in [0.717, 1.165) is 12.1 Å². The van der Waals surface area contributed by atoms with Crippen LogP contribution in [-0.4, -0.2) is 18.1 Å². The molecule has 2 unspecified atom stereocenters. The van der Waals surface area contributed by atoms with Crippen molar-refractivity contribution in [2.75, 3.05) is 0 Å². The van der Waals surface area contributed by atoms with E-state index in [4.69, 9.17) is 11.6 Å². The van der Waals surface area contributed by atoms with Crippen molar-refractivity contribution in [3.05, 3.63) is 34.6 Å². The van der Waals surface area contributed by atoms with Crippen LogP contribution in [0.25, 0.3) is 0 Å². The lowest BCUT2D eigenvalue weighted by molar-refractivity contribution is -0.183. The van der Waals surface area contributed by atoms with Gasteiger partial charge in [0.1, 0.15) is 5.82 Å². The van der Waals surface area contributed by atoms with Gasteiger partial charge in [-0.05, 0) is 37.5 Å². The summed E-state index contributed by atoms with van der Waals surface area (Å²) in [5.41, 5.74) is -0.253. The molecule has 0 radical (unpaired) electrons. The summed E-state index contributed by atoms with van der Waals surface area (Å²) in [5, 5.41) is 2.66. The van der Waals surface area contributed by atoms with Gasteiger partial charge < -0.3 is 5.32 Å². The fourth-order valence-electron chi connectivity index (χ4n) is 2.55. The number of carbonyl (C=O) groups excluding carboxylic acids is 1. The maximum atomic E-state index is 13.5. The van der Waals surface area contributed by atoms with Gasteiger partial charge in [0.2, 0.25) is 0 Å². The molecule has 1 N–H and O–H groups in total. The lowest BCUT2D eigenvalue weighted by Crippen LogP contribution is -2.41. The Kier molecular flexibility index (Phi) is 4.76. The maximum Gasteiger partial charge on any atom is 0.391 e. The van der Waals surface area contributed by atoms with Gasteiger partial charge in [0.05, 0.1) is 11.5 Å². The largest absolute Gasteiger partial charge is 0.391 e. The van der Waals surface area contributed by atoms with Crippen molar-refractivity contribution in [1.29, 1.82) is 0 Å². The molecule has 1 fully saturated rings. The molecule has 0 saturated heterocycles. The van der Waals surface area contributed by atoms with E-state index in [1.165, 1.54) is 6.07 Å². The summed E-state index contributed by atoms with van der Waals surface area (Å²) < 4.78 is 51.6. The summed E-state index contributed by atoms with van der Waals surface area (Å²) in [7, 11) is 0. The molecule has 0 spiro atoms. The van der Waals surface area contributed by atoms with Crippen LogP contribution in [0.2, 0.25) is 5.02 Å². The number of nitrogens with one attached hydrogen (secondary N) is 1. The van der Waals surface area contributed by atoms with Crippen molar-refractivity contribution in [3.63, 3.8) is 0 Å². The zero-order valence-corrected chi connectivity index (χ0v) is 11.8. The van der Waals surface area contributed by atoms with Crippen molar-refractivity contribution < 1.29 is 22.4 Å². The summed E-state index contributed by atoms with van der Waals surface area (Å²) in [6.07, 6.45) is -3.52. The third-order valence-corrected chi connectivity index (χ3v) is 3.88. The van der Waals surface area contributed by atoms with Gasteiger partial charge in [-0.15, -0.1) is 0 Å². The Bertz CT molecular complexity index is 532. The first kappa shape index (κ1) is 16.1. The Morgan fingerprint density at radius 2 is 2.00 bits per heavy atom. The predicted molar refractivity (Wildman–Crippen MR) is 70.7 cm³/mol. The minimum absolute atomic E-state index is 0.0708. The topological polar surface area (TPSA) is 29.1 Å². The Hall–Kier alpha value is -1.30. The second-order valence-corrected chi connectivity index (χ2v) is 5.64. The minimum Gasteiger partial charge on any atom is -0.349 e. The number of benzene rings is 1. The molecule has 1 aromatic rings. The van der Waals surface area contributed by atoms with Crippen LogP contribution >= 0.6 is 11.6 Å². The molecule has 21 heavy (non-hydrogen) atoms. The Labute approximate surface area is 124 Å². The highest BCUT2D eigenvalue weighted by molar-refractivity contribution is 6.31. The number of amides is 1. The molecule has 1 aromatic carbocycles. The van der Waals surface area contributed by atoms with Crippen molar-refractivity contribution in [2.24, 2.45) is 5.92 Å². The third-order valence-electron chi connectivity index (χ3n) is 3.65. The van der Waals surface area contributed by atoms with Gasteiger partial charge in [0, 0.05) is 11.1 Å². The third kappa shape index (κ3) is 4.09. The second kappa shape index (κ2) is 6.22. The average molecular weight is 324 g/mol. The van der Waals surface area contributed by atoms with E-state index in [1.807, 2.05) is 0 Å². The van der Waals surface area contributed by atoms with Crippen molar-refractivity contribution in [2.45, 2.75) is 37.9 Å². The van der Waals surface area contributed by atoms with Crippen LogP contribution in [-0.2, 0) is 0 Å². The normalized spacial score (nSPS) is 22.9. The standard InChI is InChI=1S/C14H14ClF4NO/c15-9-4-5-12(16)11(7-9)13(21)20-10-3-1-2-8(6-10)14(17,18)19/h4-5,7-8,10H,1-3,6H2,(H,20,21). The smallest absolute Gasteiger partial charge is 0.349 e. The molecule has 2 atom stereocenters. The van der Waals surface area contributed by atoms with Crippen LogP contribution in [0.5, 0.6) is 0 Å². The lowest BCUT2D eigenvalue weighted by atomic mass is 9.85. The molecule has 1 aliphatic carbocycles. The highest BCUT2D eigenvalue weighted by atomic mass is 35.5. The van der Waals surface area contributed by atoms with Crippen LogP contribution in [0.3, 0.4) is 0 Å². The fourth-order valence-corrected chi connectivity index (χ4v) is 2.72. The summed E-state index contributed by atoms with van der Waals surface area (Å²) in [4.78, 5) is 12.0. The first-order chi connectivity index (χ1) is 9.77. The predicted octanol–water partition coefficient (Wildman–Crippen LogP) is 4.33. The summed E-state index contributed by atoms with van der Waals surface area (Å²) >= 11 is 5.69. The van der Waals surface area contributed by atoms with Crippen molar-refractivity contribution in [1.82, 2.24) is 5.32 Å². The summed E-state index contributed by atoms with van der Waals surface area (Å²) in [5.74, 6) is -2.90. The van der Waals surface area contributed by atoms with Gasteiger partial charge in [-0.1, -0.05) is 18.0 Å². The molecule has 0 aliphatic heterocycles. The van der Waals surface area contributed by atoms with E-state index >= 15 is 0 Å². The van der Waals surface area contributed by atoms with Gasteiger partial charge in [-0.3, -0.25) is 4.79 Å². The first-order valence-corrected chi connectivity index (χ1v) is 6.98. The molecule has 0 aromatic heterocycles. The summed E-state index contributed by atoms with van der Waals surface area (Å²) in [6.45, 7) is 0. The van der Waals surface area contributed by atoms with Gasteiger partial charge in [-0.2, -0.15) is 13.2 Å². The van der Waals surface area contributed by atoms with Gasteiger partial charge in [0.15, 0.2) is 0 Å². The van der Waals surface area contributed by atoms with Crippen LogP contribution in [0.15, 0.2) is 18.2 Å². The van der Waals surface area contributed by atoms with E-state index in [2.05, 4.69) is 5.32 Å². The number of halogens is 5. The zero-order chi connectivity index (χ0) is 15.6. The number of hydrogen-bond acceptors (Lipinski definition) is 1. The maximum absolute atomic E-state index is 13.5. The molecule has 1 amide bonds. The molecular weight excluding hydrogens is 310 g/mol. The van der Waals surface area contributed by atoms with E-state index in [-0.39, 0.29) is 23.4 Å². The number of alkyl halides is 3.